The Labute approximate surface area is 210 Å². The topological polar surface area (TPSA) is 66.5 Å². The molecule has 2 heterocycles. The highest BCUT2D eigenvalue weighted by Gasteiger charge is 2.33. The SMILES string of the molecule is CCOc1ccc(/C=C2\Oc3c(ccc4c3CN(CCc3ccc(OC)c(OC)c3)CO4)C2=O)cc1. The summed E-state index contributed by atoms with van der Waals surface area (Å²) in [6, 6.07) is 17.2. The Morgan fingerprint density at radius 1 is 1.00 bits per heavy atom. The minimum Gasteiger partial charge on any atom is -0.494 e. The number of hydrogen-bond donors (Lipinski definition) is 0. The van der Waals surface area contributed by atoms with Crippen LogP contribution >= 0.6 is 0 Å². The highest BCUT2D eigenvalue weighted by atomic mass is 16.5. The molecule has 7 nitrogen and oxygen atoms in total. The molecule has 0 aromatic heterocycles. The highest BCUT2D eigenvalue weighted by molar-refractivity contribution is 6.15. The number of carbonyl (C=O) groups is 1. The third-order valence-corrected chi connectivity index (χ3v) is 6.34. The zero-order chi connectivity index (χ0) is 25.1. The van der Waals surface area contributed by atoms with Crippen LogP contribution in [0.5, 0.6) is 28.7 Å². The summed E-state index contributed by atoms with van der Waals surface area (Å²) >= 11 is 0. The van der Waals surface area contributed by atoms with E-state index in [4.69, 9.17) is 23.7 Å². The second-order valence-electron chi connectivity index (χ2n) is 8.63. The molecule has 0 radical (unpaired) electrons. The Bertz CT molecular complexity index is 1300. The van der Waals surface area contributed by atoms with Gasteiger partial charge in [-0.2, -0.15) is 0 Å². The number of benzene rings is 3. The van der Waals surface area contributed by atoms with Gasteiger partial charge in [-0.15, -0.1) is 0 Å². The maximum Gasteiger partial charge on any atom is 0.231 e. The molecule has 186 valence electrons. The van der Waals surface area contributed by atoms with Crippen molar-refractivity contribution >= 4 is 11.9 Å². The van der Waals surface area contributed by atoms with Crippen molar-refractivity contribution in [3.63, 3.8) is 0 Å². The third-order valence-electron chi connectivity index (χ3n) is 6.34. The number of rotatable bonds is 8. The van der Waals surface area contributed by atoms with Crippen molar-refractivity contribution in [2.24, 2.45) is 0 Å². The van der Waals surface area contributed by atoms with Gasteiger partial charge in [-0.3, -0.25) is 9.69 Å². The number of carbonyl (C=O) groups excluding carboxylic acids is 1. The quantitative estimate of drug-likeness (QED) is 0.409. The number of nitrogens with zero attached hydrogens (tertiary/aromatic N) is 1. The largest absolute Gasteiger partial charge is 0.494 e. The van der Waals surface area contributed by atoms with Gasteiger partial charge in [0.1, 0.15) is 24.0 Å². The molecule has 7 heteroatoms. The summed E-state index contributed by atoms with van der Waals surface area (Å²) in [5.41, 5.74) is 3.48. The van der Waals surface area contributed by atoms with Crippen LogP contribution < -0.4 is 23.7 Å². The van der Waals surface area contributed by atoms with Crippen LogP contribution in [0, 0.1) is 0 Å². The molecule has 0 fully saturated rings. The Kier molecular flexibility index (Phi) is 6.82. The van der Waals surface area contributed by atoms with E-state index in [1.165, 1.54) is 0 Å². The van der Waals surface area contributed by atoms with Crippen molar-refractivity contribution in [2.45, 2.75) is 19.9 Å². The van der Waals surface area contributed by atoms with Crippen LogP contribution in [-0.2, 0) is 13.0 Å². The average molecular weight is 488 g/mol. The lowest BCUT2D eigenvalue weighted by Crippen LogP contribution is -2.33. The lowest BCUT2D eigenvalue weighted by atomic mass is 10.0. The van der Waals surface area contributed by atoms with Gasteiger partial charge in [0.15, 0.2) is 17.3 Å². The van der Waals surface area contributed by atoms with Crippen molar-refractivity contribution in [3.8, 4) is 28.7 Å². The molecular formula is C29H29NO6. The van der Waals surface area contributed by atoms with E-state index in [0.29, 0.717) is 48.5 Å². The molecule has 0 saturated carbocycles. The highest BCUT2D eigenvalue weighted by Crippen LogP contribution is 2.42. The van der Waals surface area contributed by atoms with Gasteiger partial charge >= 0.3 is 0 Å². The van der Waals surface area contributed by atoms with Gasteiger partial charge in [-0.1, -0.05) is 18.2 Å². The average Bonchev–Trinajstić information content (AvgIpc) is 3.23. The molecular weight excluding hydrogens is 458 g/mol. The van der Waals surface area contributed by atoms with E-state index in [0.717, 1.165) is 41.2 Å². The fourth-order valence-corrected chi connectivity index (χ4v) is 4.45. The molecule has 0 bridgehead atoms. The first-order chi connectivity index (χ1) is 17.6. The van der Waals surface area contributed by atoms with Crippen molar-refractivity contribution in [2.75, 3.05) is 34.1 Å². The lowest BCUT2D eigenvalue weighted by Gasteiger charge is -2.29. The summed E-state index contributed by atoms with van der Waals surface area (Å²) in [4.78, 5) is 15.3. The van der Waals surface area contributed by atoms with Crippen LogP contribution in [0.2, 0.25) is 0 Å². The number of ether oxygens (including phenoxy) is 5. The molecule has 0 amide bonds. The number of allylic oxidation sites excluding steroid dienone is 1. The van der Waals surface area contributed by atoms with Crippen LogP contribution in [0.15, 0.2) is 60.4 Å². The fourth-order valence-electron chi connectivity index (χ4n) is 4.45. The van der Waals surface area contributed by atoms with Gasteiger partial charge in [0.25, 0.3) is 0 Å². The maximum absolute atomic E-state index is 13.1. The zero-order valence-corrected chi connectivity index (χ0v) is 20.7. The Morgan fingerprint density at radius 2 is 1.81 bits per heavy atom. The summed E-state index contributed by atoms with van der Waals surface area (Å²) in [7, 11) is 3.27. The standard InChI is InChI=1S/C29H29NO6/c1-4-34-21-8-5-19(6-9-21)16-27-28(31)22-10-12-24-23(29(22)36-27)17-30(18-35-24)14-13-20-7-11-25(32-2)26(15-20)33-3/h5-12,15-16H,4,13-14,17-18H2,1-3H3/b27-16-. The molecule has 2 aliphatic heterocycles. The van der Waals surface area contributed by atoms with Gasteiger partial charge in [0.05, 0.1) is 32.0 Å². The minimum absolute atomic E-state index is 0.121. The third kappa shape index (κ3) is 4.75. The minimum atomic E-state index is -0.121. The first-order valence-corrected chi connectivity index (χ1v) is 12.0. The van der Waals surface area contributed by atoms with Gasteiger partial charge in [-0.05, 0) is 66.9 Å². The van der Waals surface area contributed by atoms with Crippen LogP contribution in [0.25, 0.3) is 6.08 Å². The molecule has 0 aliphatic carbocycles. The van der Waals surface area contributed by atoms with E-state index < -0.39 is 0 Å². The van der Waals surface area contributed by atoms with Gasteiger partial charge in [0, 0.05) is 13.1 Å². The van der Waals surface area contributed by atoms with E-state index in [1.807, 2.05) is 55.5 Å². The Morgan fingerprint density at radius 3 is 2.56 bits per heavy atom. The van der Waals surface area contributed by atoms with Crippen molar-refractivity contribution in [3.05, 3.63) is 82.6 Å². The summed E-state index contributed by atoms with van der Waals surface area (Å²) in [5, 5.41) is 0. The van der Waals surface area contributed by atoms with E-state index in [2.05, 4.69) is 4.90 Å². The van der Waals surface area contributed by atoms with E-state index in [9.17, 15) is 4.79 Å². The van der Waals surface area contributed by atoms with Gasteiger partial charge in [-0.25, -0.2) is 0 Å². The predicted molar refractivity (Wildman–Crippen MR) is 136 cm³/mol. The summed E-state index contributed by atoms with van der Waals surface area (Å²) < 4.78 is 28.4. The fraction of sp³-hybridized carbons (Fsp3) is 0.276. The summed E-state index contributed by atoms with van der Waals surface area (Å²) in [6.07, 6.45) is 2.58. The van der Waals surface area contributed by atoms with Crippen LogP contribution in [0.4, 0.5) is 0 Å². The normalized spacial score (nSPS) is 15.6. The second-order valence-corrected chi connectivity index (χ2v) is 8.63. The molecule has 0 atom stereocenters. The zero-order valence-electron chi connectivity index (χ0n) is 20.7. The molecule has 3 aromatic rings. The molecule has 0 N–H and O–H groups in total. The molecule has 0 spiro atoms. The number of ketones is 1. The van der Waals surface area contributed by atoms with Crippen LogP contribution in [0.3, 0.4) is 0 Å². The van der Waals surface area contributed by atoms with E-state index in [-0.39, 0.29) is 5.78 Å². The van der Waals surface area contributed by atoms with Crippen molar-refractivity contribution < 1.29 is 28.5 Å². The second kappa shape index (κ2) is 10.3. The molecule has 2 aliphatic rings. The lowest BCUT2D eigenvalue weighted by molar-refractivity contribution is 0.0949. The Hall–Kier alpha value is -3.97. The van der Waals surface area contributed by atoms with Gasteiger partial charge in [0.2, 0.25) is 5.78 Å². The van der Waals surface area contributed by atoms with E-state index in [1.54, 1.807) is 26.4 Å². The number of Topliss-reactive ketones (excluding diaryl/α,β-unsaturated/α-hetero) is 1. The summed E-state index contributed by atoms with van der Waals surface area (Å²) in [6.45, 7) is 4.44. The van der Waals surface area contributed by atoms with Crippen LogP contribution in [-0.4, -0.2) is 44.8 Å². The molecule has 36 heavy (non-hydrogen) atoms. The van der Waals surface area contributed by atoms with Crippen molar-refractivity contribution in [1.29, 1.82) is 0 Å². The number of fused-ring (bicyclic) bond motifs is 3. The predicted octanol–water partition coefficient (Wildman–Crippen LogP) is 5.11. The van der Waals surface area contributed by atoms with Gasteiger partial charge < -0.3 is 23.7 Å². The maximum atomic E-state index is 13.1. The Balaban J connectivity index is 1.30. The van der Waals surface area contributed by atoms with Crippen molar-refractivity contribution in [1.82, 2.24) is 4.90 Å². The first-order valence-electron chi connectivity index (χ1n) is 12.0. The number of hydrogen-bond acceptors (Lipinski definition) is 7. The van der Waals surface area contributed by atoms with Crippen LogP contribution in [0.1, 0.15) is 34.0 Å². The van der Waals surface area contributed by atoms with E-state index >= 15 is 0 Å². The monoisotopic (exact) mass is 487 g/mol. The molecule has 0 unspecified atom stereocenters. The first kappa shape index (κ1) is 23.8. The molecule has 3 aromatic carbocycles. The summed E-state index contributed by atoms with van der Waals surface area (Å²) in [5.74, 6) is 3.75. The molecule has 5 rings (SSSR count). The smallest absolute Gasteiger partial charge is 0.231 e. The number of methoxy groups -OCH3 is 2. The molecule has 0 saturated heterocycles.